The Morgan fingerprint density at radius 3 is 2.94 bits per heavy atom. The lowest BCUT2D eigenvalue weighted by atomic mass is 10.1. The molecule has 3 rings (SSSR count). The zero-order valence-electron chi connectivity index (χ0n) is 10.3. The fraction of sp³-hybridized carbons (Fsp3) is 0.286. The van der Waals surface area contributed by atoms with Crippen LogP contribution in [-0.2, 0) is 13.0 Å². The largest absolute Gasteiger partial charge is 0.352 e. The molecule has 0 fully saturated rings. The molecule has 2 aromatic rings. The van der Waals surface area contributed by atoms with Gasteiger partial charge in [-0.3, -0.25) is 5.41 Å². The molecule has 0 unspecified atom stereocenters. The van der Waals surface area contributed by atoms with Gasteiger partial charge >= 0.3 is 0 Å². The van der Waals surface area contributed by atoms with Gasteiger partial charge in [0.2, 0.25) is 0 Å². The van der Waals surface area contributed by atoms with Crippen molar-refractivity contribution in [3.8, 4) is 0 Å². The first kappa shape index (κ1) is 11.4. The molecule has 0 saturated carbocycles. The molecular formula is C14H15N3S. The van der Waals surface area contributed by atoms with Crippen LogP contribution in [0, 0.1) is 12.3 Å². The van der Waals surface area contributed by atoms with Gasteiger partial charge in [0, 0.05) is 36.1 Å². The Balaban J connectivity index is 1.68. The number of fused-ring (bicyclic) bond motifs is 1. The molecule has 1 N–H and O–H groups in total. The van der Waals surface area contributed by atoms with E-state index in [1.165, 1.54) is 5.56 Å². The number of thiazole rings is 1. The summed E-state index contributed by atoms with van der Waals surface area (Å²) in [6, 6.07) is 8.18. The molecule has 1 aromatic carbocycles. The lowest BCUT2D eigenvalue weighted by Gasteiger charge is -2.16. The van der Waals surface area contributed by atoms with Gasteiger partial charge in [-0.05, 0) is 12.5 Å². The fourth-order valence-electron chi connectivity index (χ4n) is 2.28. The molecular weight excluding hydrogens is 242 g/mol. The molecule has 0 radical (unpaired) electrons. The first-order valence-electron chi connectivity index (χ1n) is 6.07. The summed E-state index contributed by atoms with van der Waals surface area (Å²) in [7, 11) is 0. The molecule has 0 amide bonds. The van der Waals surface area contributed by atoms with Crippen molar-refractivity contribution >= 4 is 17.2 Å². The monoisotopic (exact) mass is 257 g/mol. The van der Waals surface area contributed by atoms with Crippen molar-refractivity contribution in [1.29, 1.82) is 5.41 Å². The number of benzene rings is 1. The van der Waals surface area contributed by atoms with Gasteiger partial charge in [0.05, 0.1) is 5.01 Å². The van der Waals surface area contributed by atoms with E-state index < -0.39 is 0 Å². The van der Waals surface area contributed by atoms with Crippen molar-refractivity contribution in [2.75, 3.05) is 6.54 Å². The Labute approximate surface area is 111 Å². The maximum Gasteiger partial charge on any atom is 0.128 e. The highest BCUT2D eigenvalue weighted by Crippen LogP contribution is 2.22. The molecule has 0 atom stereocenters. The van der Waals surface area contributed by atoms with E-state index in [9.17, 15) is 0 Å². The first-order valence-corrected chi connectivity index (χ1v) is 6.95. The molecule has 92 valence electrons. The van der Waals surface area contributed by atoms with E-state index in [1.807, 2.05) is 25.1 Å². The number of aromatic nitrogens is 1. The van der Waals surface area contributed by atoms with Crippen LogP contribution in [0.15, 0.2) is 29.6 Å². The van der Waals surface area contributed by atoms with E-state index >= 15 is 0 Å². The van der Waals surface area contributed by atoms with Gasteiger partial charge in [-0.15, -0.1) is 11.3 Å². The van der Waals surface area contributed by atoms with Crippen LogP contribution in [0.4, 0.5) is 0 Å². The van der Waals surface area contributed by atoms with E-state index in [4.69, 9.17) is 5.41 Å². The summed E-state index contributed by atoms with van der Waals surface area (Å²) in [5.74, 6) is 0.652. The number of rotatable bonds is 3. The highest BCUT2D eigenvalue weighted by molar-refractivity contribution is 7.09. The Kier molecular flexibility index (Phi) is 2.88. The Morgan fingerprint density at radius 2 is 2.22 bits per heavy atom. The topological polar surface area (TPSA) is 40.0 Å². The summed E-state index contributed by atoms with van der Waals surface area (Å²) in [4.78, 5) is 6.59. The predicted octanol–water partition coefficient (Wildman–Crippen LogP) is 2.84. The van der Waals surface area contributed by atoms with E-state index in [2.05, 4.69) is 21.3 Å². The Hall–Kier alpha value is -1.68. The smallest absolute Gasteiger partial charge is 0.128 e. The maximum absolute atomic E-state index is 8.17. The van der Waals surface area contributed by atoms with Crippen LogP contribution in [0.5, 0.6) is 0 Å². The zero-order valence-corrected chi connectivity index (χ0v) is 11.1. The molecule has 4 heteroatoms. The van der Waals surface area contributed by atoms with Crippen molar-refractivity contribution < 1.29 is 0 Å². The van der Waals surface area contributed by atoms with E-state index in [0.29, 0.717) is 5.84 Å². The summed E-state index contributed by atoms with van der Waals surface area (Å²) in [5, 5.41) is 11.4. The minimum absolute atomic E-state index is 0.652. The predicted molar refractivity (Wildman–Crippen MR) is 74.2 cm³/mol. The normalized spacial score (nSPS) is 14.1. The van der Waals surface area contributed by atoms with Crippen molar-refractivity contribution in [2.24, 2.45) is 0 Å². The average Bonchev–Trinajstić information content (AvgIpc) is 2.92. The molecule has 1 aromatic heterocycles. The lowest BCUT2D eigenvalue weighted by Crippen LogP contribution is -2.26. The van der Waals surface area contributed by atoms with Gasteiger partial charge in [0.15, 0.2) is 0 Å². The molecule has 2 heterocycles. The second-order valence-corrected chi connectivity index (χ2v) is 5.50. The summed E-state index contributed by atoms with van der Waals surface area (Å²) in [6.07, 6.45) is 0.925. The SMILES string of the molecule is Cc1csc(CCN2Cc3ccccc3C2=N)n1. The second-order valence-electron chi connectivity index (χ2n) is 4.56. The summed E-state index contributed by atoms with van der Waals surface area (Å²) in [5.41, 5.74) is 3.43. The number of hydrogen-bond donors (Lipinski definition) is 1. The molecule has 0 spiro atoms. The highest BCUT2D eigenvalue weighted by Gasteiger charge is 2.23. The van der Waals surface area contributed by atoms with Crippen LogP contribution in [0.2, 0.25) is 0 Å². The number of nitrogens with one attached hydrogen (secondary N) is 1. The van der Waals surface area contributed by atoms with Crippen LogP contribution in [0.25, 0.3) is 0 Å². The van der Waals surface area contributed by atoms with E-state index in [-0.39, 0.29) is 0 Å². The molecule has 1 aliphatic rings. The third-order valence-electron chi connectivity index (χ3n) is 3.21. The molecule has 0 bridgehead atoms. The molecule has 18 heavy (non-hydrogen) atoms. The maximum atomic E-state index is 8.17. The van der Waals surface area contributed by atoms with Gasteiger partial charge in [0.1, 0.15) is 5.84 Å². The van der Waals surface area contributed by atoms with Crippen molar-refractivity contribution in [3.05, 3.63) is 51.5 Å². The summed E-state index contributed by atoms with van der Waals surface area (Å²) < 4.78 is 0. The minimum Gasteiger partial charge on any atom is -0.352 e. The van der Waals surface area contributed by atoms with E-state index in [1.54, 1.807) is 11.3 Å². The van der Waals surface area contributed by atoms with Crippen LogP contribution in [0.3, 0.4) is 0 Å². The quantitative estimate of drug-likeness (QED) is 0.918. The minimum atomic E-state index is 0.652. The van der Waals surface area contributed by atoms with Gasteiger partial charge in [0.25, 0.3) is 0 Å². The summed E-state index contributed by atoms with van der Waals surface area (Å²) in [6.45, 7) is 3.76. The number of hydrogen-bond acceptors (Lipinski definition) is 3. The van der Waals surface area contributed by atoms with Gasteiger partial charge < -0.3 is 4.90 Å². The molecule has 3 nitrogen and oxygen atoms in total. The van der Waals surface area contributed by atoms with Crippen LogP contribution < -0.4 is 0 Å². The number of aryl methyl sites for hydroxylation is 1. The van der Waals surface area contributed by atoms with Crippen LogP contribution >= 0.6 is 11.3 Å². The lowest BCUT2D eigenvalue weighted by molar-refractivity contribution is 0.432. The third-order valence-corrected chi connectivity index (χ3v) is 4.24. The van der Waals surface area contributed by atoms with Gasteiger partial charge in [-0.2, -0.15) is 0 Å². The molecule has 0 aliphatic carbocycles. The fourth-order valence-corrected chi connectivity index (χ4v) is 3.05. The summed E-state index contributed by atoms with van der Waals surface area (Å²) >= 11 is 1.71. The van der Waals surface area contributed by atoms with Crippen molar-refractivity contribution in [2.45, 2.75) is 19.9 Å². The zero-order chi connectivity index (χ0) is 12.5. The molecule has 1 aliphatic heterocycles. The van der Waals surface area contributed by atoms with Gasteiger partial charge in [-0.1, -0.05) is 24.3 Å². The Morgan fingerprint density at radius 1 is 1.39 bits per heavy atom. The second kappa shape index (κ2) is 4.53. The third kappa shape index (κ3) is 2.04. The Bertz CT molecular complexity index is 588. The number of nitrogens with zero attached hydrogens (tertiary/aromatic N) is 2. The highest BCUT2D eigenvalue weighted by atomic mass is 32.1. The average molecular weight is 257 g/mol. The first-order chi connectivity index (χ1) is 8.74. The van der Waals surface area contributed by atoms with Gasteiger partial charge in [-0.25, -0.2) is 4.98 Å². The van der Waals surface area contributed by atoms with E-state index in [0.717, 1.165) is 35.8 Å². The van der Waals surface area contributed by atoms with Crippen molar-refractivity contribution in [3.63, 3.8) is 0 Å². The molecule has 0 saturated heterocycles. The number of amidine groups is 1. The van der Waals surface area contributed by atoms with Crippen molar-refractivity contribution in [1.82, 2.24) is 9.88 Å². The van der Waals surface area contributed by atoms with Crippen LogP contribution in [0.1, 0.15) is 21.8 Å². The van der Waals surface area contributed by atoms with Crippen LogP contribution in [-0.4, -0.2) is 22.3 Å². The standard InChI is InChI=1S/C14H15N3S/c1-10-9-18-13(16-10)6-7-17-8-11-4-2-3-5-12(11)14(17)15/h2-5,9,15H,6-8H2,1H3.